The quantitative estimate of drug-likeness (QED) is 0.824. The Morgan fingerprint density at radius 2 is 1.80 bits per heavy atom. The third-order valence-electron chi connectivity index (χ3n) is 2.96. The third kappa shape index (κ3) is 6.82. The van der Waals surface area contributed by atoms with E-state index in [-0.39, 0.29) is 5.54 Å². The molecule has 5 heteroatoms. The van der Waals surface area contributed by atoms with E-state index in [9.17, 15) is 0 Å². The van der Waals surface area contributed by atoms with Gasteiger partial charge in [-0.1, -0.05) is 0 Å². The Morgan fingerprint density at radius 3 is 2.40 bits per heavy atom. The van der Waals surface area contributed by atoms with E-state index >= 15 is 0 Å². The van der Waals surface area contributed by atoms with Crippen LogP contribution in [0.25, 0.3) is 0 Å². The van der Waals surface area contributed by atoms with Crippen LogP contribution in [0.2, 0.25) is 0 Å². The predicted octanol–water partition coefficient (Wildman–Crippen LogP) is 1.75. The van der Waals surface area contributed by atoms with E-state index in [1.165, 1.54) is 0 Å². The zero-order valence-electron chi connectivity index (χ0n) is 13.8. The average molecular weight is 279 g/mol. The van der Waals surface area contributed by atoms with E-state index in [1.807, 2.05) is 12.4 Å². The summed E-state index contributed by atoms with van der Waals surface area (Å²) in [6, 6.07) is 0. The second-order valence-electron chi connectivity index (χ2n) is 6.55. The maximum Gasteiger partial charge on any atom is 0.147 e. The van der Waals surface area contributed by atoms with Crippen molar-refractivity contribution < 1.29 is 0 Å². The summed E-state index contributed by atoms with van der Waals surface area (Å²) in [7, 11) is 6.26. The highest BCUT2D eigenvalue weighted by Gasteiger charge is 2.10. The van der Waals surface area contributed by atoms with Crippen molar-refractivity contribution in [2.45, 2.75) is 39.3 Å². The lowest BCUT2D eigenvalue weighted by atomic mass is 10.1. The standard InChI is InChI=1S/C15H29N5/c1-15(2,3)17-11-13-10-16-12-14(18-13)20(6)9-7-8-19(4)5/h10,12,17H,7-9,11H2,1-6H3. The van der Waals surface area contributed by atoms with Crippen molar-refractivity contribution in [3.8, 4) is 0 Å². The molecule has 0 unspecified atom stereocenters. The Labute approximate surface area is 123 Å². The normalized spacial score (nSPS) is 11.9. The first-order valence-corrected chi connectivity index (χ1v) is 7.20. The molecular weight excluding hydrogens is 250 g/mol. The monoisotopic (exact) mass is 279 g/mol. The van der Waals surface area contributed by atoms with Crippen molar-refractivity contribution in [1.29, 1.82) is 0 Å². The average Bonchev–Trinajstić information content (AvgIpc) is 2.35. The molecule has 0 aliphatic carbocycles. The fourth-order valence-electron chi connectivity index (χ4n) is 1.76. The first-order valence-electron chi connectivity index (χ1n) is 7.20. The van der Waals surface area contributed by atoms with E-state index in [4.69, 9.17) is 0 Å². The maximum absolute atomic E-state index is 4.66. The molecule has 0 aliphatic rings. The van der Waals surface area contributed by atoms with Crippen molar-refractivity contribution in [2.24, 2.45) is 0 Å². The number of aromatic nitrogens is 2. The van der Waals surface area contributed by atoms with Gasteiger partial charge in [0.15, 0.2) is 0 Å². The summed E-state index contributed by atoms with van der Waals surface area (Å²) in [6.07, 6.45) is 4.78. The van der Waals surface area contributed by atoms with Gasteiger partial charge in [-0.3, -0.25) is 4.98 Å². The molecule has 20 heavy (non-hydrogen) atoms. The summed E-state index contributed by atoms with van der Waals surface area (Å²) >= 11 is 0. The molecule has 0 saturated carbocycles. The minimum Gasteiger partial charge on any atom is -0.358 e. The summed E-state index contributed by atoms with van der Waals surface area (Å²) in [5.74, 6) is 0.942. The van der Waals surface area contributed by atoms with Gasteiger partial charge in [0.25, 0.3) is 0 Å². The number of nitrogens with zero attached hydrogens (tertiary/aromatic N) is 4. The summed E-state index contributed by atoms with van der Waals surface area (Å²) in [5, 5.41) is 3.43. The number of rotatable bonds is 7. The van der Waals surface area contributed by atoms with Gasteiger partial charge in [0.1, 0.15) is 5.82 Å². The van der Waals surface area contributed by atoms with Gasteiger partial charge in [0, 0.05) is 31.9 Å². The van der Waals surface area contributed by atoms with Gasteiger partial charge in [0.05, 0.1) is 11.9 Å². The summed E-state index contributed by atoms with van der Waals surface area (Å²) in [5.41, 5.74) is 1.08. The summed E-state index contributed by atoms with van der Waals surface area (Å²) in [6.45, 7) is 9.27. The number of nitrogens with one attached hydrogen (secondary N) is 1. The van der Waals surface area contributed by atoms with Gasteiger partial charge in [-0.2, -0.15) is 0 Å². The van der Waals surface area contributed by atoms with E-state index < -0.39 is 0 Å². The fourth-order valence-corrected chi connectivity index (χ4v) is 1.76. The van der Waals surface area contributed by atoms with Gasteiger partial charge in [-0.05, 0) is 47.8 Å². The van der Waals surface area contributed by atoms with Crippen LogP contribution in [0, 0.1) is 0 Å². The largest absolute Gasteiger partial charge is 0.358 e. The molecule has 1 N–H and O–H groups in total. The predicted molar refractivity (Wildman–Crippen MR) is 85.1 cm³/mol. The highest BCUT2D eigenvalue weighted by Crippen LogP contribution is 2.09. The van der Waals surface area contributed by atoms with E-state index in [1.54, 1.807) is 0 Å². The molecule has 1 heterocycles. The van der Waals surface area contributed by atoms with Gasteiger partial charge in [-0.25, -0.2) is 4.98 Å². The molecule has 0 atom stereocenters. The van der Waals surface area contributed by atoms with Crippen molar-refractivity contribution in [1.82, 2.24) is 20.2 Å². The minimum absolute atomic E-state index is 0.0926. The molecular formula is C15H29N5. The van der Waals surface area contributed by atoms with Crippen LogP contribution in [0.5, 0.6) is 0 Å². The molecule has 0 saturated heterocycles. The smallest absolute Gasteiger partial charge is 0.147 e. The zero-order chi connectivity index (χ0) is 15.2. The van der Waals surface area contributed by atoms with Crippen LogP contribution in [-0.4, -0.2) is 54.6 Å². The van der Waals surface area contributed by atoms with Crippen LogP contribution in [0.1, 0.15) is 32.9 Å². The Hall–Kier alpha value is -1.20. The summed E-state index contributed by atoms with van der Waals surface area (Å²) < 4.78 is 0. The molecule has 0 aliphatic heterocycles. The molecule has 0 aromatic carbocycles. The van der Waals surface area contributed by atoms with Gasteiger partial charge in [0.2, 0.25) is 0 Å². The molecule has 1 aromatic rings. The SMILES string of the molecule is CN(C)CCCN(C)c1cncc(CNC(C)(C)C)n1. The van der Waals surface area contributed by atoms with Crippen molar-refractivity contribution >= 4 is 5.82 Å². The van der Waals surface area contributed by atoms with E-state index in [2.05, 4.69) is 67.0 Å². The Kier molecular flexibility index (Phi) is 6.36. The highest BCUT2D eigenvalue weighted by atomic mass is 15.2. The second-order valence-corrected chi connectivity index (χ2v) is 6.55. The Bertz CT molecular complexity index is 397. The van der Waals surface area contributed by atoms with Gasteiger partial charge >= 0.3 is 0 Å². The zero-order valence-corrected chi connectivity index (χ0v) is 13.8. The number of anilines is 1. The molecule has 0 fully saturated rings. The minimum atomic E-state index is 0.0926. The van der Waals surface area contributed by atoms with E-state index in [0.29, 0.717) is 0 Å². The molecule has 0 radical (unpaired) electrons. The molecule has 0 amide bonds. The number of hydrogen-bond acceptors (Lipinski definition) is 5. The first-order chi connectivity index (χ1) is 9.28. The van der Waals surface area contributed by atoms with Gasteiger partial charge in [-0.15, -0.1) is 0 Å². The Balaban J connectivity index is 2.54. The van der Waals surface area contributed by atoms with Crippen molar-refractivity contribution in [3.05, 3.63) is 18.1 Å². The molecule has 1 rings (SSSR count). The first kappa shape index (κ1) is 16.9. The topological polar surface area (TPSA) is 44.3 Å². The molecule has 114 valence electrons. The van der Waals surface area contributed by atoms with Crippen molar-refractivity contribution in [3.63, 3.8) is 0 Å². The lowest BCUT2D eigenvalue weighted by Gasteiger charge is -2.22. The lowest BCUT2D eigenvalue weighted by Crippen LogP contribution is -2.35. The van der Waals surface area contributed by atoms with Crippen LogP contribution < -0.4 is 10.2 Å². The third-order valence-corrected chi connectivity index (χ3v) is 2.96. The second kappa shape index (κ2) is 7.55. The number of hydrogen-bond donors (Lipinski definition) is 1. The molecule has 5 nitrogen and oxygen atoms in total. The van der Waals surface area contributed by atoms with Crippen LogP contribution in [-0.2, 0) is 6.54 Å². The Morgan fingerprint density at radius 1 is 1.10 bits per heavy atom. The van der Waals surface area contributed by atoms with Gasteiger partial charge < -0.3 is 15.1 Å². The van der Waals surface area contributed by atoms with Crippen LogP contribution in [0.4, 0.5) is 5.82 Å². The summed E-state index contributed by atoms with van der Waals surface area (Å²) in [4.78, 5) is 13.3. The molecule has 0 bridgehead atoms. The fraction of sp³-hybridized carbons (Fsp3) is 0.733. The van der Waals surface area contributed by atoms with Crippen LogP contribution in [0.15, 0.2) is 12.4 Å². The van der Waals surface area contributed by atoms with Crippen LogP contribution >= 0.6 is 0 Å². The van der Waals surface area contributed by atoms with Crippen molar-refractivity contribution in [2.75, 3.05) is 39.1 Å². The molecule has 0 spiro atoms. The maximum atomic E-state index is 4.66. The highest BCUT2D eigenvalue weighted by molar-refractivity contribution is 5.34. The van der Waals surface area contributed by atoms with E-state index in [0.717, 1.165) is 37.6 Å². The lowest BCUT2D eigenvalue weighted by molar-refractivity contribution is 0.401. The molecule has 1 aromatic heterocycles. The van der Waals surface area contributed by atoms with Crippen LogP contribution in [0.3, 0.4) is 0 Å².